The van der Waals surface area contributed by atoms with Gasteiger partial charge in [0.05, 0.1) is 19.6 Å². The van der Waals surface area contributed by atoms with E-state index >= 15 is 0 Å². The zero-order valence-corrected chi connectivity index (χ0v) is 16.9. The van der Waals surface area contributed by atoms with Crippen molar-refractivity contribution in [2.24, 2.45) is 0 Å². The molecule has 146 valence electrons. The summed E-state index contributed by atoms with van der Waals surface area (Å²) in [4.78, 5) is 2.43. The minimum atomic E-state index is -0.0200. The highest BCUT2D eigenvalue weighted by molar-refractivity contribution is 5.77. The molecule has 1 fully saturated rings. The Kier molecular flexibility index (Phi) is 5.49. The van der Waals surface area contributed by atoms with Crippen LogP contribution in [0.2, 0.25) is 0 Å². The minimum absolute atomic E-state index is 0.0200. The monoisotopic (exact) mass is 376 g/mol. The molecule has 2 heterocycles. The molecule has 2 aliphatic heterocycles. The minimum Gasteiger partial charge on any atom is -0.492 e. The Morgan fingerprint density at radius 1 is 1.04 bits per heavy atom. The quantitative estimate of drug-likeness (QED) is 0.810. The van der Waals surface area contributed by atoms with Crippen LogP contribution in [0.3, 0.4) is 0 Å². The van der Waals surface area contributed by atoms with E-state index in [2.05, 4.69) is 65.2 Å². The third-order valence-electron chi connectivity index (χ3n) is 5.72. The van der Waals surface area contributed by atoms with E-state index in [4.69, 9.17) is 4.74 Å². The lowest BCUT2D eigenvalue weighted by Crippen LogP contribution is -2.38. The number of hydrogen-bond donors (Lipinski definition) is 1. The van der Waals surface area contributed by atoms with Gasteiger partial charge in [0.25, 0.3) is 0 Å². The van der Waals surface area contributed by atoms with Crippen molar-refractivity contribution in [3.63, 3.8) is 0 Å². The Morgan fingerprint density at radius 2 is 1.75 bits per heavy atom. The third kappa shape index (κ3) is 3.83. The number of benzene rings is 2. The van der Waals surface area contributed by atoms with Crippen LogP contribution in [-0.4, -0.2) is 50.1 Å². The van der Waals surface area contributed by atoms with Crippen molar-refractivity contribution in [2.45, 2.75) is 19.3 Å². The number of hydrogen-bond acceptors (Lipinski definition) is 3. The van der Waals surface area contributed by atoms with E-state index in [9.17, 15) is 0 Å². The van der Waals surface area contributed by atoms with Gasteiger partial charge in [-0.2, -0.15) is 0 Å². The smallest absolute Gasteiger partial charge is 0.165 e. The summed E-state index contributed by atoms with van der Waals surface area (Å²) in [5.74, 6) is 0.923. The van der Waals surface area contributed by atoms with E-state index in [1.165, 1.54) is 16.9 Å². The van der Waals surface area contributed by atoms with E-state index in [0.717, 1.165) is 38.5 Å². The highest BCUT2D eigenvalue weighted by atomic mass is 16.5. The summed E-state index contributed by atoms with van der Waals surface area (Å²) in [5, 5.41) is 3.42. The molecule has 0 aromatic heterocycles. The van der Waals surface area contributed by atoms with E-state index in [-0.39, 0.29) is 5.41 Å². The molecular weight excluding hydrogens is 346 g/mol. The van der Waals surface area contributed by atoms with E-state index in [1.54, 1.807) is 0 Å². The average molecular weight is 377 g/mol. The van der Waals surface area contributed by atoms with Gasteiger partial charge in [-0.3, -0.25) is 0 Å². The van der Waals surface area contributed by atoms with Crippen molar-refractivity contribution in [1.82, 2.24) is 5.32 Å². The second-order valence-electron chi connectivity index (χ2n) is 7.94. The number of rotatable bonds is 5. The molecule has 0 spiro atoms. The summed E-state index contributed by atoms with van der Waals surface area (Å²) in [6.45, 7) is 10.4. The second-order valence-corrected chi connectivity index (χ2v) is 7.94. The van der Waals surface area contributed by atoms with Crippen LogP contribution < -0.4 is 15.0 Å². The molecule has 4 heteroatoms. The van der Waals surface area contributed by atoms with Crippen molar-refractivity contribution in [2.75, 3.05) is 44.2 Å². The van der Waals surface area contributed by atoms with Crippen molar-refractivity contribution in [3.05, 3.63) is 71.9 Å². The number of para-hydroxylation sites is 2. The lowest BCUT2D eigenvalue weighted by atomic mass is 9.84. The summed E-state index contributed by atoms with van der Waals surface area (Å²) >= 11 is 0. The van der Waals surface area contributed by atoms with E-state index in [1.807, 2.05) is 30.3 Å². The van der Waals surface area contributed by atoms with Gasteiger partial charge in [-0.05, 0) is 23.8 Å². The number of fused-ring (bicyclic) bond motifs is 1. The van der Waals surface area contributed by atoms with Crippen LogP contribution in [0.4, 0.5) is 5.69 Å². The first-order valence-electron chi connectivity index (χ1n) is 10.2. The standard InChI is InChI=1S/C24H30N3O/c1-24(2)21-10-6-7-11-22(21)27(18-19-28-20-8-4-3-5-9-20)23(24)12-15-26-16-13-25-14-17-26/h3-12,15,25H,13-14,16-19H2,1-2H3/q+1. The molecule has 0 amide bonds. The molecule has 4 rings (SSSR count). The molecule has 2 aromatic carbocycles. The predicted molar refractivity (Wildman–Crippen MR) is 116 cm³/mol. The van der Waals surface area contributed by atoms with Crippen molar-refractivity contribution >= 4 is 11.9 Å². The fraction of sp³-hybridized carbons (Fsp3) is 0.375. The molecule has 0 unspecified atom stereocenters. The number of anilines is 1. The number of allylic oxidation sites excluding steroid dienone is 2. The topological polar surface area (TPSA) is 27.5 Å². The van der Waals surface area contributed by atoms with Gasteiger partial charge in [0, 0.05) is 22.9 Å². The highest BCUT2D eigenvalue weighted by Gasteiger charge is 2.39. The molecule has 0 aliphatic carbocycles. The Bertz CT molecular complexity index is 862. The lowest BCUT2D eigenvalue weighted by molar-refractivity contribution is -0.527. The fourth-order valence-corrected chi connectivity index (χ4v) is 4.16. The maximum Gasteiger partial charge on any atom is 0.165 e. The third-order valence-corrected chi connectivity index (χ3v) is 5.72. The molecule has 1 N–H and O–H groups in total. The van der Waals surface area contributed by atoms with Gasteiger partial charge in [0.2, 0.25) is 0 Å². The maximum absolute atomic E-state index is 6.00. The molecule has 0 radical (unpaired) electrons. The first-order valence-corrected chi connectivity index (χ1v) is 10.2. The summed E-state index contributed by atoms with van der Waals surface area (Å²) in [6.07, 6.45) is 4.59. The van der Waals surface area contributed by atoms with Crippen LogP contribution >= 0.6 is 0 Å². The van der Waals surface area contributed by atoms with E-state index < -0.39 is 0 Å². The van der Waals surface area contributed by atoms with Gasteiger partial charge in [-0.25, -0.2) is 4.58 Å². The molecule has 28 heavy (non-hydrogen) atoms. The average Bonchev–Trinajstić information content (AvgIpc) is 2.95. The molecule has 0 atom stereocenters. The van der Waals surface area contributed by atoms with Crippen molar-refractivity contribution < 1.29 is 9.31 Å². The maximum atomic E-state index is 6.00. The molecule has 1 saturated heterocycles. The van der Waals surface area contributed by atoms with Crippen LogP contribution in [0, 0.1) is 0 Å². The van der Waals surface area contributed by atoms with Gasteiger partial charge in [-0.15, -0.1) is 0 Å². The summed E-state index contributed by atoms with van der Waals surface area (Å²) in [7, 11) is 0. The fourth-order valence-electron chi connectivity index (χ4n) is 4.16. The second kappa shape index (κ2) is 8.19. The van der Waals surface area contributed by atoms with Gasteiger partial charge in [-0.1, -0.05) is 50.2 Å². The van der Waals surface area contributed by atoms with Gasteiger partial charge < -0.3 is 15.0 Å². The van der Waals surface area contributed by atoms with Crippen LogP contribution in [-0.2, 0) is 5.41 Å². The van der Waals surface area contributed by atoms with Crippen LogP contribution in [0.15, 0.2) is 66.4 Å². The number of piperazine rings is 1. The summed E-state index contributed by atoms with van der Waals surface area (Å²) in [5.41, 5.74) is 4.00. The molecule has 2 aliphatic rings. The van der Waals surface area contributed by atoms with Gasteiger partial charge >= 0.3 is 0 Å². The zero-order chi connectivity index (χ0) is 19.4. The zero-order valence-electron chi connectivity index (χ0n) is 16.9. The van der Waals surface area contributed by atoms with Gasteiger partial charge in [0.1, 0.15) is 12.4 Å². The summed E-state index contributed by atoms with van der Waals surface area (Å²) in [6, 6.07) is 18.8. The SMILES string of the molecule is CC1(C)C(=CC=[N+]2CCNCC2)N(CCOc2ccccc2)c2ccccc21. The summed E-state index contributed by atoms with van der Waals surface area (Å²) < 4.78 is 8.40. The normalized spacial score (nSPS) is 19.6. The van der Waals surface area contributed by atoms with Crippen LogP contribution in [0.25, 0.3) is 0 Å². The first kappa shape index (κ1) is 18.8. The van der Waals surface area contributed by atoms with E-state index in [0.29, 0.717) is 6.61 Å². The van der Waals surface area contributed by atoms with Crippen molar-refractivity contribution in [1.29, 1.82) is 0 Å². The lowest BCUT2D eigenvalue weighted by Gasteiger charge is -2.26. The Balaban J connectivity index is 1.58. The Labute approximate surface area is 168 Å². The van der Waals surface area contributed by atoms with Crippen LogP contribution in [0.1, 0.15) is 19.4 Å². The first-order chi connectivity index (χ1) is 13.7. The predicted octanol–water partition coefficient (Wildman–Crippen LogP) is 3.43. The number of nitrogens with zero attached hydrogens (tertiary/aromatic N) is 2. The Morgan fingerprint density at radius 3 is 2.54 bits per heavy atom. The highest BCUT2D eigenvalue weighted by Crippen LogP contribution is 2.47. The molecule has 2 aromatic rings. The molecular formula is C24H30N3O+. The van der Waals surface area contributed by atoms with Crippen LogP contribution in [0.5, 0.6) is 5.75 Å². The van der Waals surface area contributed by atoms with Crippen molar-refractivity contribution in [3.8, 4) is 5.75 Å². The molecule has 0 saturated carbocycles. The van der Waals surface area contributed by atoms with Gasteiger partial charge in [0.15, 0.2) is 19.3 Å². The number of nitrogens with one attached hydrogen (secondary N) is 1. The largest absolute Gasteiger partial charge is 0.492 e. The molecule has 0 bridgehead atoms. The number of ether oxygens (including phenoxy) is 1. The Hall–Kier alpha value is -2.59. The molecule has 4 nitrogen and oxygen atoms in total.